The van der Waals surface area contributed by atoms with Crippen LogP contribution in [0.4, 0.5) is 4.39 Å². The number of likely N-dealkylation sites (N-methyl/N-ethyl adjacent to an activating group) is 1. The number of carbonyl (C=O) groups excluding carboxylic acids is 1. The quantitative estimate of drug-likeness (QED) is 0.583. The Morgan fingerprint density at radius 2 is 2.24 bits per heavy atom. The molecule has 1 aromatic rings. The lowest BCUT2D eigenvalue weighted by molar-refractivity contribution is -0.115. The van der Waals surface area contributed by atoms with Gasteiger partial charge in [0, 0.05) is 18.7 Å². The molecule has 2 rings (SSSR count). The number of aromatic hydroxyl groups is 1. The van der Waals surface area contributed by atoms with Crippen LogP contribution in [-0.4, -0.2) is 28.1 Å². The normalized spacial score (nSPS) is 17.8. The lowest BCUT2D eigenvalue weighted by atomic mass is 10.1. The van der Waals surface area contributed by atoms with Crippen LogP contribution >= 0.6 is 12.2 Å². The van der Waals surface area contributed by atoms with Crippen LogP contribution in [0.5, 0.6) is 5.75 Å². The molecule has 17 heavy (non-hydrogen) atoms. The maximum absolute atomic E-state index is 12.8. The monoisotopic (exact) mass is 252 g/mol. The highest BCUT2D eigenvalue weighted by Crippen LogP contribution is 2.23. The molecule has 6 heteroatoms. The van der Waals surface area contributed by atoms with Gasteiger partial charge in [-0.3, -0.25) is 10.1 Å². The number of benzene rings is 1. The summed E-state index contributed by atoms with van der Waals surface area (Å²) in [6.07, 6.45) is 1.45. The second-order valence-electron chi connectivity index (χ2n) is 3.55. The van der Waals surface area contributed by atoms with E-state index >= 15 is 0 Å². The third-order valence-electron chi connectivity index (χ3n) is 2.40. The Balaban J connectivity index is 2.42. The zero-order chi connectivity index (χ0) is 12.6. The van der Waals surface area contributed by atoms with E-state index in [1.54, 1.807) is 7.05 Å². The van der Waals surface area contributed by atoms with Crippen LogP contribution in [0.15, 0.2) is 23.9 Å². The van der Waals surface area contributed by atoms with E-state index in [4.69, 9.17) is 12.2 Å². The number of carbonyl (C=O) groups is 1. The van der Waals surface area contributed by atoms with Crippen molar-refractivity contribution < 1.29 is 14.3 Å². The van der Waals surface area contributed by atoms with Crippen molar-refractivity contribution in [3.63, 3.8) is 0 Å². The summed E-state index contributed by atoms with van der Waals surface area (Å²) in [6, 6.07) is 3.58. The number of halogens is 1. The molecule has 1 aromatic carbocycles. The van der Waals surface area contributed by atoms with Gasteiger partial charge in [0.05, 0.1) is 0 Å². The average Bonchev–Trinajstić information content (AvgIpc) is 2.48. The Labute approximate surface area is 102 Å². The molecule has 0 bridgehead atoms. The number of nitrogens with one attached hydrogen (secondary N) is 1. The van der Waals surface area contributed by atoms with Gasteiger partial charge < -0.3 is 10.0 Å². The first-order valence-corrected chi connectivity index (χ1v) is 5.19. The summed E-state index contributed by atoms with van der Waals surface area (Å²) in [5, 5.41) is 12.3. The molecule has 1 amide bonds. The second kappa shape index (κ2) is 4.14. The average molecular weight is 252 g/mol. The molecule has 1 fully saturated rings. The number of nitrogens with zero attached hydrogens (tertiary/aromatic N) is 1. The second-order valence-corrected chi connectivity index (χ2v) is 3.94. The fourth-order valence-electron chi connectivity index (χ4n) is 1.46. The van der Waals surface area contributed by atoms with Crippen molar-refractivity contribution in [3.8, 4) is 5.75 Å². The molecule has 0 radical (unpaired) electrons. The van der Waals surface area contributed by atoms with Crippen LogP contribution in [0.1, 0.15) is 5.56 Å². The summed E-state index contributed by atoms with van der Waals surface area (Å²) in [5.74, 6) is -1.11. The molecule has 0 aromatic heterocycles. The summed E-state index contributed by atoms with van der Waals surface area (Å²) in [6.45, 7) is 0. The first-order chi connectivity index (χ1) is 7.99. The lowest BCUT2D eigenvalue weighted by Gasteiger charge is -2.09. The molecule has 0 aliphatic carbocycles. The molecule has 2 N–H and O–H groups in total. The van der Waals surface area contributed by atoms with Gasteiger partial charge in [-0.25, -0.2) is 4.39 Å². The van der Waals surface area contributed by atoms with Crippen molar-refractivity contribution >= 4 is 29.3 Å². The van der Waals surface area contributed by atoms with Gasteiger partial charge in [0.2, 0.25) is 0 Å². The minimum Gasteiger partial charge on any atom is -0.507 e. The molecule has 0 spiro atoms. The Morgan fingerprint density at radius 1 is 1.53 bits per heavy atom. The first-order valence-electron chi connectivity index (χ1n) is 4.78. The van der Waals surface area contributed by atoms with E-state index in [0.29, 0.717) is 16.4 Å². The molecule has 0 unspecified atom stereocenters. The number of phenols is 1. The van der Waals surface area contributed by atoms with Gasteiger partial charge in [0.25, 0.3) is 5.91 Å². The van der Waals surface area contributed by atoms with E-state index in [-0.39, 0.29) is 11.7 Å². The van der Waals surface area contributed by atoms with E-state index in [0.717, 1.165) is 6.07 Å². The Hall–Kier alpha value is -1.95. The van der Waals surface area contributed by atoms with Crippen LogP contribution in [-0.2, 0) is 4.79 Å². The maximum atomic E-state index is 12.8. The number of amides is 1. The predicted octanol–water partition coefficient (Wildman–Crippen LogP) is 1.22. The highest BCUT2D eigenvalue weighted by atomic mass is 32.1. The number of hydrogen-bond donors (Lipinski definition) is 2. The highest BCUT2D eigenvalue weighted by molar-refractivity contribution is 7.80. The lowest BCUT2D eigenvalue weighted by Crippen LogP contribution is -2.23. The van der Waals surface area contributed by atoms with Crippen molar-refractivity contribution in [1.82, 2.24) is 10.2 Å². The maximum Gasteiger partial charge on any atom is 0.274 e. The summed E-state index contributed by atoms with van der Waals surface area (Å²) in [5.41, 5.74) is 0.657. The summed E-state index contributed by atoms with van der Waals surface area (Å²) in [7, 11) is 1.63. The van der Waals surface area contributed by atoms with Gasteiger partial charge in [0.1, 0.15) is 17.3 Å². The van der Waals surface area contributed by atoms with Gasteiger partial charge >= 0.3 is 0 Å². The van der Waals surface area contributed by atoms with Gasteiger partial charge in [-0.1, -0.05) is 0 Å². The predicted molar refractivity (Wildman–Crippen MR) is 64.5 cm³/mol. The standard InChI is InChI=1S/C11H9FN2O2S/c1-14-8(10(16)13-11(14)17)4-6-2-3-7(12)5-9(6)15/h2-5,15H,1H3,(H,13,16,17). The van der Waals surface area contributed by atoms with Crippen LogP contribution < -0.4 is 5.32 Å². The molecule has 4 nitrogen and oxygen atoms in total. The van der Waals surface area contributed by atoms with E-state index in [1.807, 2.05) is 0 Å². The van der Waals surface area contributed by atoms with Gasteiger partial charge in [-0.05, 0) is 30.4 Å². The minimum absolute atomic E-state index is 0.225. The van der Waals surface area contributed by atoms with Gasteiger partial charge in [-0.2, -0.15) is 0 Å². The van der Waals surface area contributed by atoms with Gasteiger partial charge in [0.15, 0.2) is 5.11 Å². The number of thiocarbonyl (C=S) groups is 1. The number of hydrogen-bond acceptors (Lipinski definition) is 3. The molecule has 0 saturated carbocycles. The smallest absolute Gasteiger partial charge is 0.274 e. The molecule has 0 atom stereocenters. The van der Waals surface area contributed by atoms with Crippen molar-refractivity contribution in [2.45, 2.75) is 0 Å². The van der Waals surface area contributed by atoms with E-state index in [9.17, 15) is 14.3 Å². The van der Waals surface area contributed by atoms with Crippen LogP contribution in [0.2, 0.25) is 0 Å². The largest absolute Gasteiger partial charge is 0.507 e. The van der Waals surface area contributed by atoms with Crippen molar-refractivity contribution in [1.29, 1.82) is 0 Å². The molecule has 1 saturated heterocycles. The number of phenolic OH excluding ortho intramolecular Hbond substituents is 1. The van der Waals surface area contributed by atoms with Gasteiger partial charge in [-0.15, -0.1) is 0 Å². The third-order valence-corrected chi connectivity index (χ3v) is 2.78. The molecular formula is C11H9FN2O2S. The zero-order valence-corrected chi connectivity index (χ0v) is 9.71. The minimum atomic E-state index is -0.538. The molecular weight excluding hydrogens is 243 g/mol. The SMILES string of the molecule is CN1C(=S)NC(=O)C1=Cc1ccc(F)cc1O. The highest BCUT2D eigenvalue weighted by Gasteiger charge is 2.26. The Kier molecular flexibility index (Phi) is 2.81. The molecule has 88 valence electrons. The van der Waals surface area contributed by atoms with Crippen LogP contribution in [0.25, 0.3) is 6.08 Å². The Bertz CT molecular complexity index is 542. The first kappa shape index (κ1) is 11.5. The van der Waals surface area contributed by atoms with E-state index in [1.165, 1.54) is 23.1 Å². The van der Waals surface area contributed by atoms with Crippen LogP contribution in [0, 0.1) is 5.82 Å². The van der Waals surface area contributed by atoms with E-state index < -0.39 is 5.82 Å². The van der Waals surface area contributed by atoms with Crippen LogP contribution in [0.3, 0.4) is 0 Å². The molecule has 1 heterocycles. The topological polar surface area (TPSA) is 52.6 Å². The fourth-order valence-corrected chi connectivity index (χ4v) is 1.65. The fraction of sp³-hybridized carbons (Fsp3) is 0.0909. The Morgan fingerprint density at radius 3 is 2.76 bits per heavy atom. The number of rotatable bonds is 1. The third kappa shape index (κ3) is 2.12. The van der Waals surface area contributed by atoms with Crippen molar-refractivity contribution in [2.75, 3.05) is 7.05 Å². The molecule has 1 aliphatic rings. The summed E-state index contributed by atoms with van der Waals surface area (Å²) >= 11 is 4.90. The van der Waals surface area contributed by atoms with Crippen molar-refractivity contribution in [3.05, 3.63) is 35.3 Å². The zero-order valence-electron chi connectivity index (χ0n) is 8.90. The van der Waals surface area contributed by atoms with E-state index in [2.05, 4.69) is 5.32 Å². The summed E-state index contributed by atoms with van der Waals surface area (Å²) in [4.78, 5) is 13.0. The molecule has 1 aliphatic heterocycles. The summed E-state index contributed by atoms with van der Waals surface area (Å²) < 4.78 is 12.8. The van der Waals surface area contributed by atoms with Crippen molar-refractivity contribution in [2.24, 2.45) is 0 Å².